The van der Waals surface area contributed by atoms with Crippen LogP contribution in [0.5, 0.6) is 0 Å². The van der Waals surface area contributed by atoms with Crippen molar-refractivity contribution in [2.75, 3.05) is 0 Å². The van der Waals surface area contributed by atoms with Crippen molar-refractivity contribution >= 4 is 0 Å². The van der Waals surface area contributed by atoms with Gasteiger partial charge in [0.15, 0.2) is 0 Å². The van der Waals surface area contributed by atoms with Gasteiger partial charge in [-0.2, -0.15) is 0 Å². The lowest BCUT2D eigenvalue weighted by Crippen LogP contribution is -2.36. The molecule has 1 unspecified atom stereocenters. The molecule has 1 aliphatic rings. The Morgan fingerprint density at radius 3 is 2.35 bits per heavy atom. The fraction of sp³-hybridized carbons (Fsp3) is 0.625. The van der Waals surface area contributed by atoms with Crippen molar-refractivity contribution in [3.05, 3.63) is 35.9 Å². The van der Waals surface area contributed by atoms with E-state index in [2.05, 4.69) is 19.1 Å². The number of aliphatic hydroxyl groups is 1. The zero-order valence-electron chi connectivity index (χ0n) is 10.9. The second-order valence-corrected chi connectivity index (χ2v) is 5.38. The van der Waals surface area contributed by atoms with E-state index in [4.69, 9.17) is 0 Å². The Labute approximate surface area is 105 Å². The average molecular weight is 232 g/mol. The van der Waals surface area contributed by atoms with Crippen LogP contribution in [0.3, 0.4) is 0 Å². The third-order valence-corrected chi connectivity index (χ3v) is 4.19. The van der Waals surface area contributed by atoms with E-state index < -0.39 is 5.60 Å². The highest BCUT2D eigenvalue weighted by molar-refractivity contribution is 5.23. The molecule has 1 aromatic rings. The van der Waals surface area contributed by atoms with Crippen LogP contribution in [-0.4, -0.2) is 5.11 Å². The molecule has 0 aromatic heterocycles. The molecule has 1 atom stereocenters. The molecule has 2 rings (SSSR count). The van der Waals surface area contributed by atoms with E-state index in [0.29, 0.717) is 5.92 Å². The van der Waals surface area contributed by atoms with Gasteiger partial charge >= 0.3 is 0 Å². The summed E-state index contributed by atoms with van der Waals surface area (Å²) < 4.78 is 0. The van der Waals surface area contributed by atoms with Crippen LogP contribution in [-0.2, 0) is 5.60 Å². The molecule has 0 bridgehead atoms. The first-order valence-electron chi connectivity index (χ1n) is 7.05. The fourth-order valence-corrected chi connectivity index (χ4v) is 3.27. The van der Waals surface area contributed by atoms with Gasteiger partial charge in [-0.25, -0.2) is 0 Å². The predicted molar refractivity (Wildman–Crippen MR) is 71.8 cm³/mol. The first kappa shape index (κ1) is 12.6. The van der Waals surface area contributed by atoms with Crippen LogP contribution in [0.4, 0.5) is 0 Å². The van der Waals surface area contributed by atoms with E-state index >= 15 is 0 Å². The summed E-state index contributed by atoms with van der Waals surface area (Å²) in [7, 11) is 0. The molecule has 1 heteroatoms. The quantitative estimate of drug-likeness (QED) is 0.822. The minimum absolute atomic E-state index is 0.457. The molecule has 1 saturated carbocycles. The summed E-state index contributed by atoms with van der Waals surface area (Å²) in [6, 6.07) is 10.3. The Balaban J connectivity index is 2.24. The van der Waals surface area contributed by atoms with Gasteiger partial charge in [-0.05, 0) is 30.7 Å². The maximum Gasteiger partial charge on any atom is 0.0924 e. The SMILES string of the molecule is CCCC(O)(c1ccccc1)C1CCCCC1. The molecule has 1 fully saturated rings. The minimum atomic E-state index is -0.587. The lowest BCUT2D eigenvalue weighted by molar-refractivity contribution is -0.0466. The molecule has 0 aliphatic heterocycles. The van der Waals surface area contributed by atoms with E-state index in [1.165, 1.54) is 32.1 Å². The maximum atomic E-state index is 11.1. The summed E-state index contributed by atoms with van der Waals surface area (Å²) in [6.07, 6.45) is 8.21. The Morgan fingerprint density at radius 2 is 1.76 bits per heavy atom. The topological polar surface area (TPSA) is 20.2 Å². The van der Waals surface area contributed by atoms with Crippen LogP contribution >= 0.6 is 0 Å². The zero-order valence-corrected chi connectivity index (χ0v) is 10.9. The summed E-state index contributed by atoms with van der Waals surface area (Å²) in [5.41, 5.74) is 0.532. The summed E-state index contributed by atoms with van der Waals surface area (Å²) in [4.78, 5) is 0. The molecule has 1 nitrogen and oxygen atoms in total. The highest BCUT2D eigenvalue weighted by Gasteiger charge is 2.37. The average Bonchev–Trinajstić information content (AvgIpc) is 2.41. The van der Waals surface area contributed by atoms with Gasteiger partial charge in [0, 0.05) is 0 Å². The Morgan fingerprint density at radius 1 is 1.12 bits per heavy atom. The monoisotopic (exact) mass is 232 g/mol. The van der Waals surface area contributed by atoms with Crippen molar-refractivity contribution in [1.29, 1.82) is 0 Å². The highest BCUT2D eigenvalue weighted by atomic mass is 16.3. The zero-order chi connectivity index (χ0) is 12.1. The molecule has 0 amide bonds. The molecule has 1 aliphatic carbocycles. The van der Waals surface area contributed by atoms with Gasteiger partial charge in [-0.15, -0.1) is 0 Å². The summed E-state index contributed by atoms with van der Waals surface area (Å²) in [6.45, 7) is 2.16. The van der Waals surface area contributed by atoms with Crippen LogP contribution < -0.4 is 0 Å². The van der Waals surface area contributed by atoms with Crippen molar-refractivity contribution in [3.8, 4) is 0 Å². The van der Waals surface area contributed by atoms with Gasteiger partial charge in [0.05, 0.1) is 5.60 Å². The van der Waals surface area contributed by atoms with E-state index in [-0.39, 0.29) is 0 Å². The first-order valence-corrected chi connectivity index (χ1v) is 7.05. The van der Waals surface area contributed by atoms with Crippen molar-refractivity contribution in [2.45, 2.75) is 57.5 Å². The third kappa shape index (κ3) is 2.71. The molecule has 94 valence electrons. The molecule has 0 saturated heterocycles. The lowest BCUT2D eigenvalue weighted by atomic mass is 9.71. The fourth-order valence-electron chi connectivity index (χ4n) is 3.27. The lowest BCUT2D eigenvalue weighted by Gasteiger charge is -2.39. The van der Waals surface area contributed by atoms with E-state index in [0.717, 1.165) is 18.4 Å². The third-order valence-electron chi connectivity index (χ3n) is 4.19. The van der Waals surface area contributed by atoms with Crippen LogP contribution in [0, 0.1) is 5.92 Å². The van der Waals surface area contributed by atoms with Gasteiger partial charge in [0.25, 0.3) is 0 Å². The van der Waals surface area contributed by atoms with E-state index in [1.807, 2.05) is 18.2 Å². The molecular formula is C16H24O. The van der Waals surface area contributed by atoms with Crippen LogP contribution in [0.15, 0.2) is 30.3 Å². The molecule has 1 N–H and O–H groups in total. The number of hydrogen-bond acceptors (Lipinski definition) is 1. The van der Waals surface area contributed by atoms with Crippen LogP contribution in [0.25, 0.3) is 0 Å². The van der Waals surface area contributed by atoms with Crippen molar-refractivity contribution in [3.63, 3.8) is 0 Å². The van der Waals surface area contributed by atoms with Gasteiger partial charge in [-0.1, -0.05) is 62.9 Å². The molecule has 0 spiro atoms. The molecule has 17 heavy (non-hydrogen) atoms. The second kappa shape index (κ2) is 5.68. The highest BCUT2D eigenvalue weighted by Crippen LogP contribution is 2.42. The van der Waals surface area contributed by atoms with Crippen LogP contribution in [0.1, 0.15) is 57.4 Å². The smallest absolute Gasteiger partial charge is 0.0924 e. The molecule has 0 radical (unpaired) electrons. The standard InChI is InChI=1S/C16H24O/c1-2-13-16(17,14-9-5-3-6-10-14)15-11-7-4-8-12-15/h3,5-6,9-10,15,17H,2,4,7-8,11-13H2,1H3. The second-order valence-electron chi connectivity index (χ2n) is 5.38. The van der Waals surface area contributed by atoms with Crippen molar-refractivity contribution in [2.24, 2.45) is 5.92 Å². The minimum Gasteiger partial charge on any atom is -0.385 e. The number of rotatable bonds is 4. The predicted octanol–water partition coefficient (Wildman–Crippen LogP) is 4.25. The Bertz CT molecular complexity index is 327. The van der Waals surface area contributed by atoms with Crippen molar-refractivity contribution < 1.29 is 5.11 Å². The van der Waals surface area contributed by atoms with Gasteiger partial charge < -0.3 is 5.11 Å². The molecular weight excluding hydrogens is 208 g/mol. The Kier molecular flexibility index (Phi) is 4.22. The van der Waals surface area contributed by atoms with Crippen molar-refractivity contribution in [1.82, 2.24) is 0 Å². The summed E-state index contributed by atoms with van der Waals surface area (Å²) >= 11 is 0. The Hall–Kier alpha value is -0.820. The maximum absolute atomic E-state index is 11.1. The van der Waals surface area contributed by atoms with E-state index in [9.17, 15) is 5.11 Å². The van der Waals surface area contributed by atoms with Gasteiger partial charge in [-0.3, -0.25) is 0 Å². The number of benzene rings is 1. The van der Waals surface area contributed by atoms with Gasteiger partial charge in [0.1, 0.15) is 0 Å². The first-order chi connectivity index (χ1) is 8.27. The largest absolute Gasteiger partial charge is 0.385 e. The van der Waals surface area contributed by atoms with Crippen LogP contribution in [0.2, 0.25) is 0 Å². The van der Waals surface area contributed by atoms with Gasteiger partial charge in [0.2, 0.25) is 0 Å². The number of hydrogen-bond donors (Lipinski definition) is 1. The normalized spacial score (nSPS) is 21.1. The summed E-state index contributed by atoms with van der Waals surface area (Å²) in [5, 5.41) is 11.1. The van der Waals surface area contributed by atoms with E-state index in [1.54, 1.807) is 0 Å². The molecule has 1 aromatic carbocycles. The molecule has 0 heterocycles. The summed E-state index contributed by atoms with van der Waals surface area (Å²) in [5.74, 6) is 0.457.